The molecule has 122 heavy (non-hydrogen) atoms. The van der Waals surface area contributed by atoms with Crippen molar-refractivity contribution in [3.63, 3.8) is 0 Å². The van der Waals surface area contributed by atoms with Gasteiger partial charge in [-0.3, -0.25) is 0 Å². The Labute approximate surface area is 744 Å². The molecule has 0 fully saturated rings. The number of hydrogen-bond donors (Lipinski definition) is 2. The van der Waals surface area contributed by atoms with Gasteiger partial charge in [-0.1, -0.05) is 400 Å². The van der Waals surface area contributed by atoms with Crippen LogP contribution in [0.3, 0.4) is 0 Å². The number of nitrogens with one attached hydrogen (secondary N) is 2. The van der Waals surface area contributed by atoms with Crippen molar-refractivity contribution in [2.24, 2.45) is 0 Å². The SMILES string of the molecule is CCCCCCCCCCCCOc1cc(C#CC#Cc2c3nc(cc4ccc([nH]4)c(C#CC#Cc4cc(OCCCCCCCCCCCC)c(OCCCCCCCCCCCC)c(OCCCCCCCCCCCC)c4)c4ccc(cc5nc2C=C5)[nH]4)C=C3)cc(OCCCCCCCCCCCC)c1OCCCCCCCCCCCC. The summed E-state index contributed by atoms with van der Waals surface area (Å²) in [6.45, 7) is 17.4. The van der Waals surface area contributed by atoms with E-state index in [9.17, 15) is 0 Å². The smallest absolute Gasteiger partial charge is 0.203 e. The van der Waals surface area contributed by atoms with Gasteiger partial charge in [-0.25, -0.2) is 9.97 Å². The Kier molecular flexibility index (Phi) is 56.7. The number of fused-ring (bicyclic) bond motifs is 8. The topological polar surface area (TPSA) is 113 Å². The Morgan fingerprint density at radius 3 is 0.705 bits per heavy atom. The van der Waals surface area contributed by atoms with Crippen molar-refractivity contribution in [3.05, 3.63) is 106 Å². The summed E-state index contributed by atoms with van der Waals surface area (Å²) in [5.74, 6) is 31.0. The molecule has 2 N–H and O–H groups in total. The van der Waals surface area contributed by atoms with Gasteiger partial charge in [0.1, 0.15) is 0 Å². The third kappa shape index (κ3) is 44.6. The first-order valence-electron chi connectivity index (χ1n) is 50.7. The van der Waals surface area contributed by atoms with Crippen molar-refractivity contribution >= 4 is 46.4 Å². The van der Waals surface area contributed by atoms with Gasteiger partial charge in [0.2, 0.25) is 11.5 Å². The van der Waals surface area contributed by atoms with E-state index in [0.717, 1.165) is 127 Å². The molecule has 0 unspecified atom stereocenters. The summed E-state index contributed by atoms with van der Waals surface area (Å²) in [7, 11) is 0. The molecule has 0 radical (unpaired) electrons. The summed E-state index contributed by atoms with van der Waals surface area (Å²) in [6.07, 6.45) is 84.2. The Hall–Kier alpha value is -7.92. The molecule has 3 aromatic heterocycles. The normalized spacial score (nSPS) is 11.4. The summed E-state index contributed by atoms with van der Waals surface area (Å²) in [5, 5.41) is 0. The number of H-pyrrole nitrogens is 2. The number of hydrogen-bond acceptors (Lipinski definition) is 8. The molecule has 0 aliphatic carbocycles. The van der Waals surface area contributed by atoms with E-state index in [1.807, 2.05) is 48.6 Å². The van der Waals surface area contributed by atoms with Crippen LogP contribution in [0.2, 0.25) is 0 Å². The maximum absolute atomic E-state index is 6.77. The summed E-state index contributed by atoms with van der Waals surface area (Å²) in [5.41, 5.74) is 9.50. The van der Waals surface area contributed by atoms with Gasteiger partial charge < -0.3 is 38.4 Å². The van der Waals surface area contributed by atoms with Gasteiger partial charge in [-0.05, 0) is 159 Å². The van der Waals surface area contributed by atoms with Gasteiger partial charge in [0.25, 0.3) is 0 Å². The van der Waals surface area contributed by atoms with E-state index in [1.165, 1.54) is 308 Å². The molecule has 2 aliphatic heterocycles. The molecule has 670 valence electrons. The standard InChI is InChI=1S/C112H166N4O6/c1-7-13-19-25-31-37-43-49-55-65-83-117-107-89-95(90-108(118-84-66-56-50-44-38-32-26-20-14-8-2)111(107)121-87-69-59-53-47-41-35-29-23-17-11-5)71-61-63-73-101-103-79-75-97(113-103)93-99-77-81-105(115-99)102(106-82-78-100(116-106)94-98-76-80-104(101)114-98)74-64-62-72-96-91-109(119-85-67-57-51-45-39-33-27-21-15-9-3)112(122-88-70-60-54-48-42-36-30-24-18-12-6)110(92-96)120-86-68-58-52-46-40-34-28-22-16-10-4/h75-82,89-94,113-114H,7-60,65-70,83-88H2,1-6H3. The Bertz CT molecular complexity index is 3920. The number of ether oxygens (including phenoxy) is 6. The van der Waals surface area contributed by atoms with Crippen LogP contribution in [-0.4, -0.2) is 59.6 Å². The van der Waals surface area contributed by atoms with Gasteiger partial charge in [0.05, 0.1) is 84.6 Å². The predicted molar refractivity (Wildman–Crippen MR) is 523 cm³/mol. The van der Waals surface area contributed by atoms with Crippen LogP contribution in [0.5, 0.6) is 34.5 Å². The molecule has 2 aliphatic rings. The second-order valence-corrected chi connectivity index (χ2v) is 35.0. The van der Waals surface area contributed by atoms with Crippen LogP contribution in [0.25, 0.3) is 46.4 Å². The van der Waals surface area contributed by atoms with Crippen molar-refractivity contribution in [1.82, 2.24) is 19.9 Å². The lowest BCUT2D eigenvalue weighted by Crippen LogP contribution is -2.07. The van der Waals surface area contributed by atoms with E-state index >= 15 is 0 Å². The average Bonchev–Trinajstić information content (AvgIpc) is 1.64. The van der Waals surface area contributed by atoms with Crippen LogP contribution >= 0.6 is 0 Å². The molecule has 5 aromatic rings. The van der Waals surface area contributed by atoms with Gasteiger partial charge in [0, 0.05) is 22.2 Å². The van der Waals surface area contributed by atoms with E-state index in [0.29, 0.717) is 91.1 Å². The number of rotatable bonds is 72. The molecule has 2 aromatic carbocycles. The van der Waals surface area contributed by atoms with Crippen LogP contribution in [0.4, 0.5) is 0 Å². The van der Waals surface area contributed by atoms with E-state index in [-0.39, 0.29) is 0 Å². The first-order chi connectivity index (χ1) is 60.4. The minimum atomic E-state index is 0.608. The Balaban J connectivity index is 1.15. The summed E-state index contributed by atoms with van der Waals surface area (Å²) >= 11 is 0. The fraction of sp³-hybridized carbons (Fsp3) is 0.643. The zero-order chi connectivity index (χ0) is 85.7. The molecule has 0 atom stereocenters. The second-order valence-electron chi connectivity index (χ2n) is 35.0. The lowest BCUT2D eigenvalue weighted by molar-refractivity contribution is 0.234. The van der Waals surface area contributed by atoms with Crippen molar-refractivity contribution < 1.29 is 28.4 Å². The third-order valence-corrected chi connectivity index (χ3v) is 23.9. The lowest BCUT2D eigenvalue weighted by atomic mass is 10.1. The van der Waals surface area contributed by atoms with Crippen LogP contribution < -0.4 is 28.4 Å². The molecular formula is C112H166N4O6. The molecule has 5 heterocycles. The number of aromatic amines is 2. The van der Waals surface area contributed by atoms with Crippen molar-refractivity contribution in [1.29, 1.82) is 0 Å². The molecule has 7 rings (SSSR count). The maximum Gasteiger partial charge on any atom is 0.203 e. The van der Waals surface area contributed by atoms with E-state index in [4.69, 9.17) is 38.4 Å². The quantitative estimate of drug-likeness (QED) is 0.0286. The van der Waals surface area contributed by atoms with Gasteiger partial charge >= 0.3 is 0 Å². The number of aromatic nitrogens is 4. The molecule has 0 amide bonds. The van der Waals surface area contributed by atoms with Crippen LogP contribution in [0.15, 0.2) is 60.7 Å². The summed E-state index contributed by atoms with van der Waals surface area (Å²) in [4.78, 5) is 17.7. The highest BCUT2D eigenvalue weighted by atomic mass is 16.5. The van der Waals surface area contributed by atoms with Crippen molar-refractivity contribution in [3.8, 4) is 81.9 Å². The average molecular weight is 1660 g/mol. The summed E-state index contributed by atoms with van der Waals surface area (Å²) in [6, 6.07) is 20.6. The molecular weight excluding hydrogens is 1500 g/mol. The monoisotopic (exact) mass is 1660 g/mol. The minimum absolute atomic E-state index is 0.608. The predicted octanol–water partition coefficient (Wildman–Crippen LogP) is 33.3. The van der Waals surface area contributed by atoms with Crippen LogP contribution in [0, 0.1) is 47.4 Å². The molecule has 8 bridgehead atoms. The molecule has 10 heteroatoms. The third-order valence-electron chi connectivity index (χ3n) is 23.9. The highest BCUT2D eigenvalue weighted by Gasteiger charge is 2.19. The first kappa shape index (κ1) is 101. The van der Waals surface area contributed by atoms with Crippen molar-refractivity contribution in [2.75, 3.05) is 39.6 Å². The molecule has 0 spiro atoms. The molecule has 0 saturated carbocycles. The number of nitrogens with zero attached hydrogens (tertiary/aromatic N) is 2. The highest BCUT2D eigenvalue weighted by Crippen LogP contribution is 2.42. The van der Waals surface area contributed by atoms with Crippen LogP contribution in [0.1, 0.15) is 472 Å². The fourth-order valence-electron chi connectivity index (χ4n) is 16.4. The maximum atomic E-state index is 6.77. The number of benzene rings is 2. The summed E-state index contributed by atoms with van der Waals surface area (Å²) < 4.78 is 40.6. The van der Waals surface area contributed by atoms with Gasteiger partial charge in [0.15, 0.2) is 23.0 Å². The Morgan fingerprint density at radius 1 is 0.230 bits per heavy atom. The van der Waals surface area contributed by atoms with Gasteiger partial charge in [-0.15, -0.1) is 0 Å². The molecule has 10 nitrogen and oxygen atoms in total. The zero-order valence-electron chi connectivity index (χ0n) is 78.1. The minimum Gasteiger partial charge on any atom is -0.490 e. The highest BCUT2D eigenvalue weighted by molar-refractivity contribution is 5.84. The van der Waals surface area contributed by atoms with Crippen LogP contribution in [-0.2, 0) is 0 Å². The second kappa shape index (κ2) is 68.4. The van der Waals surface area contributed by atoms with E-state index in [1.54, 1.807) is 0 Å². The molecule has 0 saturated heterocycles. The first-order valence-corrected chi connectivity index (χ1v) is 50.7. The van der Waals surface area contributed by atoms with Gasteiger partial charge in [-0.2, -0.15) is 0 Å². The lowest BCUT2D eigenvalue weighted by Gasteiger charge is -2.18. The number of unbranched alkanes of at least 4 members (excludes halogenated alkanes) is 54. The van der Waals surface area contributed by atoms with Crippen molar-refractivity contribution in [2.45, 2.75) is 427 Å². The largest absolute Gasteiger partial charge is 0.490 e. The fourth-order valence-corrected chi connectivity index (χ4v) is 16.4. The zero-order valence-corrected chi connectivity index (χ0v) is 78.1. The Morgan fingerprint density at radius 2 is 0.451 bits per heavy atom. The van der Waals surface area contributed by atoms with E-state index in [2.05, 4.69) is 135 Å². The van der Waals surface area contributed by atoms with E-state index < -0.39 is 0 Å².